The molecule has 3 aromatic rings. The first-order chi connectivity index (χ1) is 18.3. The third-order valence-electron chi connectivity index (χ3n) is 6.97. The molecule has 38 heavy (non-hydrogen) atoms. The lowest BCUT2D eigenvalue weighted by Gasteiger charge is -2.30. The molecule has 2 fully saturated rings. The number of ether oxygens (including phenoxy) is 2. The number of thiocarbonyl (C=S) groups is 1. The van der Waals surface area contributed by atoms with Crippen LogP contribution in [-0.4, -0.2) is 60.4 Å². The Labute approximate surface area is 237 Å². The summed E-state index contributed by atoms with van der Waals surface area (Å²) in [6.45, 7) is 9.94. The van der Waals surface area contributed by atoms with Crippen LogP contribution >= 0.6 is 28.1 Å². The zero-order chi connectivity index (χ0) is 27.0. The highest BCUT2D eigenvalue weighted by Crippen LogP contribution is 2.33. The minimum atomic E-state index is -0.149. The number of halogens is 1. The van der Waals surface area contributed by atoms with E-state index in [9.17, 15) is 4.79 Å². The first-order valence-corrected chi connectivity index (χ1v) is 13.9. The van der Waals surface area contributed by atoms with E-state index >= 15 is 0 Å². The molecule has 9 heteroatoms. The Hall–Kier alpha value is -3.14. The Balaban J connectivity index is 1.44. The minimum absolute atomic E-state index is 0.149. The van der Waals surface area contributed by atoms with Gasteiger partial charge in [0, 0.05) is 41.7 Å². The quantitative estimate of drug-likeness (QED) is 0.270. The number of likely N-dealkylation sites (N-methyl/N-ethyl adjacent to an activating group) is 1. The maximum atomic E-state index is 13.5. The molecule has 0 unspecified atom stereocenters. The minimum Gasteiger partial charge on any atom is -0.494 e. The monoisotopic (exact) mass is 594 g/mol. The van der Waals surface area contributed by atoms with Crippen molar-refractivity contribution in [2.45, 2.75) is 20.8 Å². The number of morpholine rings is 1. The summed E-state index contributed by atoms with van der Waals surface area (Å²) in [7, 11) is 1.83. The molecule has 7 nitrogen and oxygen atoms in total. The van der Waals surface area contributed by atoms with Crippen molar-refractivity contribution in [2.75, 3.05) is 49.8 Å². The van der Waals surface area contributed by atoms with Gasteiger partial charge in [0.25, 0.3) is 5.91 Å². The summed E-state index contributed by atoms with van der Waals surface area (Å²) in [5.74, 6) is 0.610. The number of aromatic nitrogens is 1. The number of carbonyl (C=O) groups excluding carboxylic acids is 1. The number of aryl methyl sites for hydroxylation is 1. The number of hydrogen-bond donors (Lipinski definition) is 0. The molecule has 1 aromatic heterocycles. The van der Waals surface area contributed by atoms with Crippen LogP contribution in [0.2, 0.25) is 0 Å². The molecule has 0 atom stereocenters. The molecular formula is C29H31BrN4O3S. The average molecular weight is 596 g/mol. The molecule has 2 saturated heterocycles. The van der Waals surface area contributed by atoms with Gasteiger partial charge in [0.15, 0.2) is 5.11 Å². The summed E-state index contributed by atoms with van der Waals surface area (Å²) >= 11 is 9.44. The van der Waals surface area contributed by atoms with Gasteiger partial charge in [0.1, 0.15) is 11.4 Å². The van der Waals surface area contributed by atoms with Gasteiger partial charge in [-0.2, -0.15) is 0 Å². The second-order valence-corrected chi connectivity index (χ2v) is 10.6. The van der Waals surface area contributed by atoms with E-state index in [0.717, 1.165) is 64.9 Å². The molecule has 0 bridgehead atoms. The summed E-state index contributed by atoms with van der Waals surface area (Å²) in [5.41, 5.74) is 6.59. The van der Waals surface area contributed by atoms with E-state index in [-0.39, 0.29) is 5.91 Å². The van der Waals surface area contributed by atoms with Crippen molar-refractivity contribution in [3.8, 4) is 11.4 Å². The van der Waals surface area contributed by atoms with Crippen LogP contribution in [0.4, 0.5) is 11.4 Å². The number of nitrogens with zero attached hydrogens (tertiary/aromatic N) is 4. The fourth-order valence-electron chi connectivity index (χ4n) is 5.02. The van der Waals surface area contributed by atoms with Gasteiger partial charge in [-0.3, -0.25) is 9.69 Å². The highest BCUT2D eigenvalue weighted by Gasteiger charge is 2.37. The van der Waals surface area contributed by atoms with Crippen LogP contribution in [0.3, 0.4) is 0 Å². The van der Waals surface area contributed by atoms with Gasteiger partial charge in [0.05, 0.1) is 31.2 Å². The Kier molecular flexibility index (Phi) is 7.61. The SMILES string of the molecule is CCOc1ccc(N2C(=O)/C(=C/c3cc(C)n(-c4ccc(N5CCOCC5)c(Br)c4)c3C)N(C)C2=S)cc1. The highest BCUT2D eigenvalue weighted by atomic mass is 79.9. The van der Waals surface area contributed by atoms with Crippen LogP contribution in [-0.2, 0) is 9.53 Å². The molecule has 0 radical (unpaired) electrons. The Morgan fingerprint density at radius 1 is 1.05 bits per heavy atom. The molecule has 2 aliphatic heterocycles. The molecule has 1 amide bonds. The van der Waals surface area contributed by atoms with Gasteiger partial charge in [0.2, 0.25) is 0 Å². The lowest BCUT2D eigenvalue weighted by Crippen LogP contribution is -2.36. The van der Waals surface area contributed by atoms with Gasteiger partial charge < -0.3 is 23.8 Å². The van der Waals surface area contributed by atoms with Crippen molar-refractivity contribution in [2.24, 2.45) is 0 Å². The topological polar surface area (TPSA) is 50.2 Å². The van der Waals surface area contributed by atoms with Gasteiger partial charge in [-0.1, -0.05) is 0 Å². The Morgan fingerprint density at radius 2 is 1.74 bits per heavy atom. The molecule has 3 heterocycles. The molecule has 5 rings (SSSR count). The van der Waals surface area contributed by atoms with E-state index in [2.05, 4.69) is 63.5 Å². The van der Waals surface area contributed by atoms with Crippen molar-refractivity contribution in [1.82, 2.24) is 9.47 Å². The lowest BCUT2D eigenvalue weighted by atomic mass is 10.2. The standard InChI is InChI=1S/C29H31BrN4O3S/c1-5-37-24-9-6-22(7-10-24)34-28(35)27(31(4)29(34)38)17-21-16-19(2)33(20(21)3)23-8-11-26(25(30)18-23)32-12-14-36-15-13-32/h6-11,16-18H,5,12-15H2,1-4H3/b27-17-. The van der Waals surface area contributed by atoms with Crippen molar-refractivity contribution in [1.29, 1.82) is 0 Å². The second kappa shape index (κ2) is 10.9. The van der Waals surface area contributed by atoms with Gasteiger partial charge in [-0.25, -0.2) is 0 Å². The molecule has 2 aliphatic rings. The van der Waals surface area contributed by atoms with E-state index in [0.29, 0.717) is 17.4 Å². The van der Waals surface area contributed by atoms with E-state index in [1.165, 1.54) is 5.69 Å². The van der Waals surface area contributed by atoms with E-state index < -0.39 is 0 Å². The van der Waals surface area contributed by atoms with Crippen molar-refractivity contribution in [3.63, 3.8) is 0 Å². The fraction of sp³-hybridized carbons (Fsp3) is 0.310. The summed E-state index contributed by atoms with van der Waals surface area (Å²) in [6.07, 6.45) is 1.93. The smallest absolute Gasteiger partial charge is 0.281 e. The number of anilines is 2. The normalized spacial score (nSPS) is 17.2. The summed E-state index contributed by atoms with van der Waals surface area (Å²) in [4.78, 5) is 19.2. The van der Waals surface area contributed by atoms with E-state index in [1.807, 2.05) is 44.3 Å². The number of carbonyl (C=O) groups is 1. The molecule has 0 saturated carbocycles. The van der Waals surface area contributed by atoms with Crippen LogP contribution < -0.4 is 14.5 Å². The van der Waals surface area contributed by atoms with Crippen LogP contribution in [0.5, 0.6) is 5.75 Å². The predicted molar refractivity (Wildman–Crippen MR) is 159 cm³/mol. The van der Waals surface area contributed by atoms with Crippen LogP contribution in [0.1, 0.15) is 23.9 Å². The molecule has 0 N–H and O–H groups in total. The van der Waals surface area contributed by atoms with Crippen molar-refractivity contribution >= 4 is 56.6 Å². The maximum absolute atomic E-state index is 13.5. The van der Waals surface area contributed by atoms with Crippen LogP contribution in [0.15, 0.2) is 58.7 Å². The first kappa shape index (κ1) is 26.5. The van der Waals surface area contributed by atoms with Gasteiger partial charge >= 0.3 is 0 Å². The molecular weight excluding hydrogens is 564 g/mol. The molecule has 0 spiro atoms. The summed E-state index contributed by atoms with van der Waals surface area (Å²) in [5, 5.41) is 0.446. The van der Waals surface area contributed by atoms with E-state index in [1.54, 1.807) is 9.80 Å². The number of benzene rings is 2. The van der Waals surface area contributed by atoms with Crippen LogP contribution in [0, 0.1) is 13.8 Å². The molecule has 198 valence electrons. The molecule has 0 aliphatic carbocycles. The van der Waals surface area contributed by atoms with Gasteiger partial charge in [-0.15, -0.1) is 0 Å². The maximum Gasteiger partial charge on any atom is 0.281 e. The number of hydrogen-bond acceptors (Lipinski definition) is 5. The zero-order valence-corrected chi connectivity index (χ0v) is 24.4. The Morgan fingerprint density at radius 3 is 2.39 bits per heavy atom. The first-order valence-electron chi connectivity index (χ1n) is 12.7. The third kappa shape index (κ3) is 4.86. The van der Waals surface area contributed by atoms with Crippen molar-refractivity contribution < 1.29 is 14.3 Å². The Bertz CT molecular complexity index is 1410. The van der Waals surface area contributed by atoms with Crippen LogP contribution in [0.25, 0.3) is 11.8 Å². The fourth-order valence-corrected chi connectivity index (χ4v) is 5.92. The lowest BCUT2D eigenvalue weighted by molar-refractivity contribution is -0.114. The number of rotatable bonds is 6. The number of amides is 1. The van der Waals surface area contributed by atoms with Crippen molar-refractivity contribution in [3.05, 3.63) is 75.7 Å². The molecule has 2 aromatic carbocycles. The highest BCUT2D eigenvalue weighted by molar-refractivity contribution is 9.10. The van der Waals surface area contributed by atoms with E-state index in [4.69, 9.17) is 21.7 Å². The largest absolute Gasteiger partial charge is 0.494 e. The second-order valence-electron chi connectivity index (χ2n) is 9.34. The predicted octanol–water partition coefficient (Wildman–Crippen LogP) is 5.70. The average Bonchev–Trinajstić information content (AvgIpc) is 3.31. The summed E-state index contributed by atoms with van der Waals surface area (Å²) in [6, 6.07) is 16.0. The van der Waals surface area contributed by atoms with Gasteiger partial charge in [-0.05, 0) is 109 Å². The summed E-state index contributed by atoms with van der Waals surface area (Å²) < 4.78 is 14.3. The zero-order valence-electron chi connectivity index (χ0n) is 22.0. The third-order valence-corrected chi connectivity index (χ3v) is 8.06.